The molecular weight excluding hydrogens is 326 g/mol. The van der Waals surface area contributed by atoms with Crippen molar-refractivity contribution in [3.05, 3.63) is 64.2 Å². The van der Waals surface area contributed by atoms with E-state index in [4.69, 9.17) is 23.1 Å². The van der Waals surface area contributed by atoms with E-state index in [-0.39, 0.29) is 11.9 Å². The van der Waals surface area contributed by atoms with Crippen molar-refractivity contribution in [2.24, 2.45) is 21.7 Å². The van der Waals surface area contributed by atoms with Crippen LogP contribution in [0.3, 0.4) is 0 Å². The van der Waals surface area contributed by atoms with Gasteiger partial charge in [0.05, 0.1) is 6.21 Å². The molecule has 1 amide bonds. The van der Waals surface area contributed by atoms with Crippen molar-refractivity contribution in [3.63, 3.8) is 0 Å². The van der Waals surface area contributed by atoms with Crippen LogP contribution in [0, 0.1) is 0 Å². The fourth-order valence-electron chi connectivity index (χ4n) is 2.36. The molecular formula is C17H14ClN5O. The minimum Gasteiger partial charge on any atom is -0.369 e. The number of amides is 1. The van der Waals surface area contributed by atoms with Gasteiger partial charge in [0.15, 0.2) is 0 Å². The van der Waals surface area contributed by atoms with Crippen LogP contribution >= 0.6 is 11.6 Å². The summed E-state index contributed by atoms with van der Waals surface area (Å²) >= 11 is 6.03. The zero-order valence-electron chi connectivity index (χ0n) is 12.5. The molecule has 0 unspecified atom stereocenters. The molecule has 24 heavy (non-hydrogen) atoms. The Morgan fingerprint density at radius 2 is 1.92 bits per heavy atom. The lowest BCUT2D eigenvalue weighted by Gasteiger charge is -2.00. The van der Waals surface area contributed by atoms with E-state index >= 15 is 0 Å². The Morgan fingerprint density at radius 3 is 2.71 bits per heavy atom. The van der Waals surface area contributed by atoms with E-state index in [1.165, 1.54) is 6.21 Å². The maximum Gasteiger partial charge on any atom is 0.256 e. The summed E-state index contributed by atoms with van der Waals surface area (Å²) in [6, 6.07) is 12.8. The third-order valence-electron chi connectivity index (χ3n) is 3.37. The summed E-state index contributed by atoms with van der Waals surface area (Å²) in [6.45, 7) is 0. The smallest absolute Gasteiger partial charge is 0.256 e. The van der Waals surface area contributed by atoms with Crippen molar-refractivity contribution >= 4 is 47.0 Å². The summed E-state index contributed by atoms with van der Waals surface area (Å²) in [5, 5.41) is 10.7. The minimum absolute atomic E-state index is 0.111. The number of nitrogens with two attached hydrogens (primary N) is 2. The molecule has 7 heteroatoms. The van der Waals surface area contributed by atoms with Gasteiger partial charge in [0.2, 0.25) is 5.96 Å². The highest BCUT2D eigenvalue weighted by atomic mass is 35.5. The second kappa shape index (κ2) is 6.55. The first-order valence-corrected chi connectivity index (χ1v) is 7.46. The highest BCUT2D eigenvalue weighted by molar-refractivity contribution is 6.36. The number of hydrogen-bond acceptors (Lipinski definition) is 3. The van der Waals surface area contributed by atoms with E-state index < -0.39 is 0 Å². The largest absolute Gasteiger partial charge is 0.369 e. The monoisotopic (exact) mass is 339 g/mol. The molecule has 2 aromatic carbocycles. The first-order chi connectivity index (χ1) is 11.5. The van der Waals surface area contributed by atoms with Gasteiger partial charge in [0.25, 0.3) is 5.91 Å². The number of nitrogens with zero attached hydrogens (tertiary/aromatic N) is 2. The van der Waals surface area contributed by atoms with Crippen molar-refractivity contribution in [2.75, 3.05) is 5.32 Å². The lowest BCUT2D eigenvalue weighted by molar-refractivity contribution is -0.110. The van der Waals surface area contributed by atoms with Gasteiger partial charge in [-0.05, 0) is 41.5 Å². The molecule has 0 radical (unpaired) electrons. The zero-order valence-corrected chi connectivity index (χ0v) is 13.3. The first kappa shape index (κ1) is 15.8. The summed E-state index contributed by atoms with van der Waals surface area (Å²) < 4.78 is 0. The average Bonchev–Trinajstić information content (AvgIpc) is 2.83. The second-order valence-electron chi connectivity index (χ2n) is 5.14. The Labute approximate surface area is 143 Å². The topological polar surface area (TPSA) is 106 Å². The number of carbonyl (C=O) groups is 1. The van der Waals surface area contributed by atoms with Gasteiger partial charge >= 0.3 is 0 Å². The summed E-state index contributed by atoms with van der Waals surface area (Å²) in [6.07, 6.45) is 3.33. The number of nitrogens with one attached hydrogen (secondary N) is 1. The molecule has 0 spiro atoms. The van der Waals surface area contributed by atoms with Crippen LogP contribution in [0.15, 0.2) is 52.7 Å². The van der Waals surface area contributed by atoms with Crippen molar-refractivity contribution in [3.8, 4) is 0 Å². The molecule has 0 saturated carbocycles. The predicted molar refractivity (Wildman–Crippen MR) is 97.8 cm³/mol. The Hall–Kier alpha value is -3.12. The van der Waals surface area contributed by atoms with Crippen LogP contribution < -0.4 is 16.8 Å². The number of rotatable bonds is 3. The standard InChI is InChI=1S/C17H14ClN5O/c18-12-4-5-15-13(8-12)14(16(24)22-15)7-10-2-1-3-11(6-10)9-21-23-17(19)20/h1-9H,(H,22,24)(H4,19,20,23)/b14-7+,21-9+. The molecule has 1 aliphatic heterocycles. The van der Waals surface area contributed by atoms with E-state index in [2.05, 4.69) is 15.5 Å². The predicted octanol–water partition coefficient (Wildman–Crippen LogP) is 2.44. The number of guanidine groups is 1. The quantitative estimate of drug-likeness (QED) is 0.346. The average molecular weight is 340 g/mol. The normalized spacial score (nSPS) is 14.7. The van der Waals surface area contributed by atoms with Gasteiger partial charge in [-0.2, -0.15) is 5.10 Å². The number of anilines is 1. The van der Waals surface area contributed by atoms with Crippen LogP contribution in [0.5, 0.6) is 0 Å². The van der Waals surface area contributed by atoms with E-state index in [9.17, 15) is 4.79 Å². The van der Waals surface area contributed by atoms with E-state index in [0.29, 0.717) is 10.6 Å². The summed E-state index contributed by atoms with van der Waals surface area (Å²) in [5.41, 5.74) is 14.2. The molecule has 120 valence electrons. The van der Waals surface area contributed by atoms with Crippen LogP contribution in [0.4, 0.5) is 5.69 Å². The molecule has 5 N–H and O–H groups in total. The van der Waals surface area contributed by atoms with Crippen LogP contribution in [0.2, 0.25) is 5.02 Å². The number of hydrogen-bond donors (Lipinski definition) is 3. The molecule has 1 heterocycles. The number of halogens is 1. The molecule has 0 aliphatic carbocycles. The number of fused-ring (bicyclic) bond motifs is 1. The molecule has 0 fully saturated rings. The minimum atomic E-state index is -0.160. The van der Waals surface area contributed by atoms with Crippen LogP contribution in [0.1, 0.15) is 16.7 Å². The van der Waals surface area contributed by atoms with Crippen LogP contribution in [-0.2, 0) is 4.79 Å². The lowest BCUT2D eigenvalue weighted by Crippen LogP contribution is -2.21. The zero-order chi connectivity index (χ0) is 17.1. The van der Waals surface area contributed by atoms with E-state index in [1.54, 1.807) is 24.3 Å². The highest BCUT2D eigenvalue weighted by Gasteiger charge is 2.24. The fourth-order valence-corrected chi connectivity index (χ4v) is 2.53. The lowest BCUT2D eigenvalue weighted by atomic mass is 10.0. The molecule has 0 aromatic heterocycles. The molecule has 6 nitrogen and oxygen atoms in total. The van der Waals surface area contributed by atoms with Gasteiger partial charge in [-0.25, -0.2) is 0 Å². The van der Waals surface area contributed by atoms with Crippen molar-refractivity contribution in [1.82, 2.24) is 0 Å². The third-order valence-corrected chi connectivity index (χ3v) is 3.60. The van der Waals surface area contributed by atoms with E-state index in [0.717, 1.165) is 22.4 Å². The summed E-state index contributed by atoms with van der Waals surface area (Å²) in [5.74, 6) is -0.271. The van der Waals surface area contributed by atoms with E-state index in [1.807, 2.05) is 24.3 Å². The van der Waals surface area contributed by atoms with Gasteiger partial charge in [-0.1, -0.05) is 29.8 Å². The van der Waals surface area contributed by atoms with Gasteiger partial charge < -0.3 is 16.8 Å². The molecule has 0 bridgehead atoms. The summed E-state index contributed by atoms with van der Waals surface area (Å²) in [7, 11) is 0. The molecule has 0 saturated heterocycles. The van der Waals surface area contributed by atoms with Gasteiger partial charge in [0.1, 0.15) is 0 Å². The molecule has 1 aliphatic rings. The van der Waals surface area contributed by atoms with Crippen LogP contribution in [0.25, 0.3) is 11.6 Å². The van der Waals surface area contributed by atoms with Crippen molar-refractivity contribution < 1.29 is 4.79 Å². The molecule has 0 atom stereocenters. The molecule has 2 aromatic rings. The Morgan fingerprint density at radius 1 is 1.12 bits per heavy atom. The number of carbonyl (C=O) groups excluding carboxylic acids is 1. The Kier molecular flexibility index (Phi) is 4.31. The second-order valence-corrected chi connectivity index (χ2v) is 5.58. The van der Waals surface area contributed by atoms with Gasteiger partial charge in [0, 0.05) is 21.8 Å². The number of benzene rings is 2. The maximum atomic E-state index is 12.2. The third kappa shape index (κ3) is 3.44. The van der Waals surface area contributed by atoms with Crippen LogP contribution in [-0.4, -0.2) is 18.1 Å². The highest BCUT2D eigenvalue weighted by Crippen LogP contribution is 2.34. The fraction of sp³-hybridized carbons (Fsp3) is 0. The van der Waals surface area contributed by atoms with Gasteiger partial charge in [-0.15, -0.1) is 5.10 Å². The Bertz CT molecular complexity index is 898. The summed E-state index contributed by atoms with van der Waals surface area (Å²) in [4.78, 5) is 12.2. The molecule has 3 rings (SSSR count). The van der Waals surface area contributed by atoms with Crippen molar-refractivity contribution in [2.45, 2.75) is 0 Å². The van der Waals surface area contributed by atoms with Crippen molar-refractivity contribution in [1.29, 1.82) is 0 Å². The maximum absolute atomic E-state index is 12.2. The Balaban J connectivity index is 1.95. The SMILES string of the molecule is NC(N)=N/N=C/c1cccc(/C=C2/C(=O)Nc3ccc(Cl)cc32)c1. The van der Waals surface area contributed by atoms with Gasteiger partial charge in [-0.3, -0.25) is 4.79 Å². The first-order valence-electron chi connectivity index (χ1n) is 7.08.